The molecule has 2 atom stereocenters. The molecule has 0 spiro atoms. The van der Waals surface area contributed by atoms with Gasteiger partial charge in [0.25, 0.3) is 0 Å². The second kappa shape index (κ2) is 9.33. The molecule has 122 valence electrons. The molecule has 7 nitrogen and oxygen atoms in total. The molecule has 3 amide bonds. The summed E-state index contributed by atoms with van der Waals surface area (Å²) in [5.74, 6) is -0.559. The second-order valence-electron chi connectivity index (χ2n) is 5.82. The van der Waals surface area contributed by atoms with Crippen LogP contribution >= 0.6 is 0 Å². The normalized spacial score (nSPS) is 13.9. The molecule has 6 N–H and O–H groups in total. The summed E-state index contributed by atoms with van der Waals surface area (Å²) < 4.78 is 0. The van der Waals surface area contributed by atoms with E-state index in [0.29, 0.717) is 19.4 Å². The molecule has 0 aromatic rings. The van der Waals surface area contributed by atoms with Crippen molar-refractivity contribution in [3.8, 4) is 0 Å². The van der Waals surface area contributed by atoms with Gasteiger partial charge in [-0.05, 0) is 18.8 Å². The minimum Gasteiger partial charge on any atom is -0.352 e. The largest absolute Gasteiger partial charge is 0.352 e. The van der Waals surface area contributed by atoms with Gasteiger partial charge >= 0.3 is 6.03 Å². The zero-order chi connectivity index (χ0) is 16.6. The summed E-state index contributed by atoms with van der Waals surface area (Å²) in [4.78, 5) is 34.7. The zero-order valence-electron chi connectivity index (χ0n) is 13.3. The van der Waals surface area contributed by atoms with Crippen LogP contribution in [0.25, 0.3) is 0 Å². The summed E-state index contributed by atoms with van der Waals surface area (Å²) in [5, 5.41) is 5.16. The Morgan fingerprint density at radius 2 is 1.67 bits per heavy atom. The average molecular weight is 300 g/mol. The van der Waals surface area contributed by atoms with Crippen LogP contribution < -0.4 is 22.1 Å². The van der Waals surface area contributed by atoms with Crippen molar-refractivity contribution < 1.29 is 14.4 Å². The third kappa shape index (κ3) is 7.65. The molecule has 0 aliphatic carbocycles. The smallest absolute Gasteiger partial charge is 0.312 e. The number of hydrogen-bond donors (Lipinski definition) is 4. The number of Topliss-reactive ketones (excluding diaryl/α,β-unsaturated/α-hetero) is 1. The van der Waals surface area contributed by atoms with Crippen LogP contribution in [0.5, 0.6) is 0 Å². The molecule has 0 saturated heterocycles. The van der Waals surface area contributed by atoms with Crippen LogP contribution in [-0.4, -0.2) is 36.3 Å². The lowest BCUT2D eigenvalue weighted by molar-refractivity contribution is -0.130. The Balaban J connectivity index is 4.57. The van der Waals surface area contributed by atoms with Gasteiger partial charge in [0.2, 0.25) is 5.91 Å². The number of urea groups is 1. The highest BCUT2D eigenvalue weighted by Gasteiger charge is 2.26. The van der Waals surface area contributed by atoms with E-state index in [4.69, 9.17) is 11.5 Å². The van der Waals surface area contributed by atoms with Crippen LogP contribution in [-0.2, 0) is 9.59 Å². The predicted octanol–water partition coefficient (Wildman–Crippen LogP) is 0.128. The third-order valence-corrected chi connectivity index (χ3v) is 3.22. The van der Waals surface area contributed by atoms with Gasteiger partial charge in [-0.1, -0.05) is 27.7 Å². The van der Waals surface area contributed by atoms with E-state index >= 15 is 0 Å². The van der Waals surface area contributed by atoms with Crippen molar-refractivity contribution in [3.05, 3.63) is 0 Å². The van der Waals surface area contributed by atoms with Gasteiger partial charge in [-0.2, -0.15) is 0 Å². The van der Waals surface area contributed by atoms with Gasteiger partial charge in [0.1, 0.15) is 0 Å². The van der Waals surface area contributed by atoms with E-state index in [-0.39, 0.29) is 23.5 Å². The fourth-order valence-corrected chi connectivity index (χ4v) is 1.78. The molecule has 0 aromatic heterocycles. The molecule has 0 heterocycles. The lowest BCUT2D eigenvalue weighted by Crippen LogP contribution is -2.51. The fourth-order valence-electron chi connectivity index (χ4n) is 1.78. The summed E-state index contributed by atoms with van der Waals surface area (Å²) in [6.07, 6.45) is 0.983. The maximum Gasteiger partial charge on any atom is 0.312 e. The van der Waals surface area contributed by atoms with E-state index in [0.717, 1.165) is 0 Å². The Bertz CT molecular complexity index is 369. The monoisotopic (exact) mass is 300 g/mol. The third-order valence-electron chi connectivity index (χ3n) is 3.22. The van der Waals surface area contributed by atoms with Crippen LogP contribution in [0.4, 0.5) is 4.79 Å². The van der Waals surface area contributed by atoms with E-state index in [1.807, 2.05) is 13.8 Å². The lowest BCUT2D eigenvalue weighted by Gasteiger charge is -2.23. The summed E-state index contributed by atoms with van der Waals surface area (Å²) in [6.45, 7) is 7.63. The molecule has 21 heavy (non-hydrogen) atoms. The van der Waals surface area contributed by atoms with Gasteiger partial charge in [-0.25, -0.2) is 4.79 Å². The van der Waals surface area contributed by atoms with E-state index in [1.165, 1.54) is 0 Å². The number of hydrogen-bond acceptors (Lipinski definition) is 4. The highest BCUT2D eigenvalue weighted by Crippen LogP contribution is 2.07. The first kappa shape index (κ1) is 19.4. The number of ketones is 1. The van der Waals surface area contributed by atoms with Gasteiger partial charge in [0.15, 0.2) is 5.78 Å². The first-order chi connectivity index (χ1) is 9.66. The number of carbonyl (C=O) groups excluding carboxylic acids is 3. The average Bonchev–Trinajstić information content (AvgIpc) is 2.39. The maximum atomic E-state index is 12.1. The molecule has 0 fully saturated rings. The Morgan fingerprint density at radius 1 is 1.10 bits per heavy atom. The number of nitrogens with one attached hydrogen (secondary N) is 2. The maximum absolute atomic E-state index is 12.1. The lowest BCUT2D eigenvalue weighted by atomic mass is 9.96. The van der Waals surface area contributed by atoms with Crippen molar-refractivity contribution in [1.29, 1.82) is 0 Å². The molecular formula is C14H28N4O3. The molecule has 1 unspecified atom stereocenters. The standard InChI is InChI=1S/C14H28N4O3/c1-8(2)11(15)13(20)18-10(12(19)9(3)4)6-5-7-17-14(16)21/h8-11H,5-7,15H2,1-4H3,(H,18,20)(H3,16,17,21)/t10-,11?/m0/s1. The number of amides is 3. The Hall–Kier alpha value is -1.63. The van der Waals surface area contributed by atoms with E-state index in [9.17, 15) is 14.4 Å². The number of nitrogens with two attached hydrogens (primary N) is 2. The second-order valence-corrected chi connectivity index (χ2v) is 5.82. The zero-order valence-corrected chi connectivity index (χ0v) is 13.3. The number of carbonyl (C=O) groups is 3. The molecule has 0 aromatic carbocycles. The van der Waals surface area contributed by atoms with Crippen molar-refractivity contribution in [2.24, 2.45) is 23.3 Å². The van der Waals surface area contributed by atoms with E-state index < -0.39 is 18.1 Å². The van der Waals surface area contributed by atoms with Crippen molar-refractivity contribution in [1.82, 2.24) is 10.6 Å². The minimum absolute atomic E-state index is 0.00340. The number of rotatable bonds is 9. The van der Waals surface area contributed by atoms with Gasteiger partial charge < -0.3 is 22.1 Å². The van der Waals surface area contributed by atoms with Crippen molar-refractivity contribution >= 4 is 17.7 Å². The van der Waals surface area contributed by atoms with E-state index in [1.54, 1.807) is 13.8 Å². The Labute approximate surface area is 126 Å². The Morgan fingerprint density at radius 3 is 2.10 bits per heavy atom. The van der Waals surface area contributed by atoms with Gasteiger partial charge in [-0.15, -0.1) is 0 Å². The predicted molar refractivity (Wildman–Crippen MR) is 81.4 cm³/mol. The molecule has 7 heteroatoms. The Kier molecular flexibility index (Phi) is 8.61. The molecule has 0 aliphatic heterocycles. The highest BCUT2D eigenvalue weighted by atomic mass is 16.2. The topological polar surface area (TPSA) is 127 Å². The van der Waals surface area contributed by atoms with Crippen LogP contribution in [0.15, 0.2) is 0 Å². The van der Waals surface area contributed by atoms with Crippen LogP contribution in [0, 0.1) is 11.8 Å². The minimum atomic E-state index is -0.642. The summed E-state index contributed by atoms with van der Waals surface area (Å²) >= 11 is 0. The molecule has 0 aliphatic rings. The first-order valence-electron chi connectivity index (χ1n) is 7.29. The van der Waals surface area contributed by atoms with Crippen LogP contribution in [0.1, 0.15) is 40.5 Å². The quantitative estimate of drug-likeness (QED) is 0.451. The molecule has 0 bridgehead atoms. The first-order valence-corrected chi connectivity index (χ1v) is 7.29. The summed E-state index contributed by atoms with van der Waals surface area (Å²) in [6, 6.07) is -1.83. The summed E-state index contributed by atoms with van der Waals surface area (Å²) in [5.41, 5.74) is 10.8. The van der Waals surface area contributed by atoms with Gasteiger partial charge in [0.05, 0.1) is 12.1 Å². The van der Waals surface area contributed by atoms with Crippen molar-refractivity contribution in [2.75, 3.05) is 6.54 Å². The molecular weight excluding hydrogens is 272 g/mol. The van der Waals surface area contributed by atoms with Crippen LogP contribution in [0.3, 0.4) is 0 Å². The van der Waals surface area contributed by atoms with Crippen molar-refractivity contribution in [2.45, 2.75) is 52.6 Å². The van der Waals surface area contributed by atoms with Crippen molar-refractivity contribution in [3.63, 3.8) is 0 Å². The number of primary amides is 1. The summed E-state index contributed by atoms with van der Waals surface area (Å²) in [7, 11) is 0. The fraction of sp³-hybridized carbons (Fsp3) is 0.786. The SMILES string of the molecule is CC(C)C(=O)[C@H](CCCNC(N)=O)NC(=O)C(N)C(C)C. The van der Waals surface area contributed by atoms with Gasteiger partial charge in [0, 0.05) is 12.5 Å². The highest BCUT2D eigenvalue weighted by molar-refractivity contribution is 5.91. The molecule has 0 rings (SSSR count). The van der Waals surface area contributed by atoms with Gasteiger partial charge in [-0.3, -0.25) is 9.59 Å². The van der Waals surface area contributed by atoms with E-state index in [2.05, 4.69) is 10.6 Å². The molecule has 0 saturated carbocycles. The van der Waals surface area contributed by atoms with Crippen LogP contribution in [0.2, 0.25) is 0 Å². The molecule has 0 radical (unpaired) electrons.